The van der Waals surface area contributed by atoms with E-state index in [1.807, 2.05) is 0 Å². The normalized spacial score (nSPS) is 24.0. The van der Waals surface area contributed by atoms with Crippen LogP contribution in [-0.2, 0) is 9.59 Å². The number of carboxylic acids is 1. The number of amides is 1. The minimum Gasteiger partial charge on any atom is -0.481 e. The smallest absolute Gasteiger partial charge is 0.307 e. The third-order valence-corrected chi connectivity index (χ3v) is 2.84. The van der Waals surface area contributed by atoms with Gasteiger partial charge in [-0.15, -0.1) is 0 Å². The highest BCUT2D eigenvalue weighted by Crippen LogP contribution is 2.39. The Morgan fingerprint density at radius 3 is 2.40 bits per heavy atom. The fourth-order valence-corrected chi connectivity index (χ4v) is 1.59. The highest BCUT2D eigenvalue weighted by Gasteiger charge is 2.49. The summed E-state index contributed by atoms with van der Waals surface area (Å²) >= 11 is 0. The summed E-state index contributed by atoms with van der Waals surface area (Å²) in [4.78, 5) is 24.0. The van der Waals surface area contributed by atoms with E-state index in [4.69, 9.17) is 5.11 Å². The van der Waals surface area contributed by atoms with Crippen LogP contribution in [0.3, 0.4) is 0 Å². The molecule has 1 aliphatic carbocycles. The summed E-state index contributed by atoms with van der Waals surface area (Å²) in [6.07, 6.45) is 1.48. The number of hydrogen-bond donors (Lipinski definition) is 1. The molecule has 0 aliphatic heterocycles. The topological polar surface area (TPSA) is 57.6 Å². The molecule has 0 aromatic heterocycles. The predicted octanol–water partition coefficient (Wildman–Crippen LogP) is 1.21. The molecule has 0 aromatic carbocycles. The molecule has 1 saturated carbocycles. The molecule has 1 fully saturated rings. The second-order valence-electron chi connectivity index (χ2n) is 4.73. The van der Waals surface area contributed by atoms with Gasteiger partial charge in [-0.2, -0.15) is 0 Å². The molecule has 1 aliphatic rings. The fraction of sp³-hybridized carbons (Fsp3) is 0.818. The molecule has 1 N–H and O–H groups in total. The van der Waals surface area contributed by atoms with Crippen molar-refractivity contribution in [1.82, 2.24) is 4.90 Å². The average molecular weight is 213 g/mol. The minimum absolute atomic E-state index is 0.0111. The van der Waals surface area contributed by atoms with Crippen molar-refractivity contribution in [1.29, 1.82) is 0 Å². The van der Waals surface area contributed by atoms with Crippen LogP contribution in [0.2, 0.25) is 0 Å². The standard InChI is InChI=1S/C11H19NO3/c1-7(2)4-5-12(3)10(13)8-6-9(8)11(14)15/h7-9H,4-6H2,1-3H3,(H,14,15)/t8-,9+/m1/s1. The van der Waals surface area contributed by atoms with Crippen LogP contribution in [-0.4, -0.2) is 35.5 Å². The molecule has 0 bridgehead atoms. The zero-order chi connectivity index (χ0) is 11.6. The molecule has 4 heteroatoms. The Balaban J connectivity index is 2.32. The fourth-order valence-electron chi connectivity index (χ4n) is 1.59. The van der Waals surface area contributed by atoms with Crippen LogP contribution in [0.4, 0.5) is 0 Å². The molecule has 15 heavy (non-hydrogen) atoms. The number of rotatable bonds is 5. The van der Waals surface area contributed by atoms with Crippen molar-refractivity contribution >= 4 is 11.9 Å². The van der Waals surface area contributed by atoms with Gasteiger partial charge >= 0.3 is 5.97 Å². The molecule has 0 unspecified atom stereocenters. The second-order valence-corrected chi connectivity index (χ2v) is 4.73. The summed E-state index contributed by atoms with van der Waals surface area (Å²) in [5.41, 5.74) is 0. The van der Waals surface area contributed by atoms with Gasteiger partial charge in [0.25, 0.3) is 0 Å². The van der Waals surface area contributed by atoms with E-state index < -0.39 is 11.9 Å². The Bertz CT molecular complexity index is 263. The molecular formula is C11H19NO3. The van der Waals surface area contributed by atoms with Crippen molar-refractivity contribution in [3.8, 4) is 0 Å². The van der Waals surface area contributed by atoms with Crippen LogP contribution >= 0.6 is 0 Å². The van der Waals surface area contributed by atoms with Crippen molar-refractivity contribution in [2.45, 2.75) is 26.7 Å². The first-order valence-electron chi connectivity index (χ1n) is 5.41. The summed E-state index contributed by atoms with van der Waals surface area (Å²) in [6.45, 7) is 4.93. The van der Waals surface area contributed by atoms with E-state index in [1.54, 1.807) is 11.9 Å². The van der Waals surface area contributed by atoms with E-state index in [0.717, 1.165) is 13.0 Å². The zero-order valence-electron chi connectivity index (χ0n) is 9.56. The van der Waals surface area contributed by atoms with Crippen molar-refractivity contribution < 1.29 is 14.7 Å². The van der Waals surface area contributed by atoms with Gasteiger partial charge in [-0.05, 0) is 18.8 Å². The maximum Gasteiger partial charge on any atom is 0.307 e. The van der Waals surface area contributed by atoms with Gasteiger partial charge in [-0.1, -0.05) is 13.8 Å². The summed E-state index contributed by atoms with van der Waals surface area (Å²) < 4.78 is 0. The van der Waals surface area contributed by atoms with Crippen LogP contribution in [0, 0.1) is 17.8 Å². The van der Waals surface area contributed by atoms with Gasteiger partial charge < -0.3 is 10.0 Å². The van der Waals surface area contributed by atoms with Gasteiger partial charge in [0.2, 0.25) is 5.91 Å². The summed E-state index contributed by atoms with van der Waals surface area (Å²) in [6, 6.07) is 0. The van der Waals surface area contributed by atoms with Gasteiger partial charge in [0.1, 0.15) is 0 Å². The van der Waals surface area contributed by atoms with Gasteiger partial charge in [-0.3, -0.25) is 9.59 Å². The first kappa shape index (κ1) is 12.0. The molecule has 86 valence electrons. The Morgan fingerprint density at radius 2 is 2.00 bits per heavy atom. The largest absolute Gasteiger partial charge is 0.481 e. The summed E-state index contributed by atoms with van der Waals surface area (Å²) in [7, 11) is 1.75. The van der Waals surface area contributed by atoms with Crippen molar-refractivity contribution in [2.24, 2.45) is 17.8 Å². The lowest BCUT2D eigenvalue weighted by Crippen LogP contribution is -2.30. The van der Waals surface area contributed by atoms with Crippen molar-refractivity contribution in [3.63, 3.8) is 0 Å². The highest BCUT2D eigenvalue weighted by molar-refractivity contribution is 5.89. The lowest BCUT2D eigenvalue weighted by atomic mass is 10.1. The zero-order valence-corrected chi connectivity index (χ0v) is 9.56. The van der Waals surface area contributed by atoms with Crippen LogP contribution in [0.5, 0.6) is 0 Å². The van der Waals surface area contributed by atoms with Crippen molar-refractivity contribution in [2.75, 3.05) is 13.6 Å². The maximum absolute atomic E-state index is 11.7. The molecule has 0 aromatic rings. The average Bonchev–Trinajstić information content (AvgIpc) is 2.92. The lowest BCUT2D eigenvalue weighted by Gasteiger charge is -2.18. The van der Waals surface area contributed by atoms with Crippen LogP contribution < -0.4 is 0 Å². The van der Waals surface area contributed by atoms with Gasteiger partial charge in [-0.25, -0.2) is 0 Å². The lowest BCUT2D eigenvalue weighted by molar-refractivity contribution is -0.141. The quantitative estimate of drug-likeness (QED) is 0.746. The third kappa shape index (κ3) is 3.22. The number of carboxylic acid groups (broad SMARTS) is 1. The number of aliphatic carboxylic acids is 1. The van der Waals surface area contributed by atoms with Gasteiger partial charge in [0.05, 0.1) is 11.8 Å². The number of carbonyl (C=O) groups excluding carboxylic acids is 1. The predicted molar refractivity (Wildman–Crippen MR) is 56.3 cm³/mol. The second kappa shape index (κ2) is 4.64. The van der Waals surface area contributed by atoms with E-state index in [9.17, 15) is 9.59 Å². The Morgan fingerprint density at radius 1 is 1.40 bits per heavy atom. The Kier molecular flexibility index (Phi) is 3.72. The van der Waals surface area contributed by atoms with E-state index in [1.165, 1.54) is 0 Å². The number of carbonyl (C=O) groups is 2. The SMILES string of the molecule is CC(C)CCN(C)C(=O)[C@@H]1C[C@@H]1C(=O)O. The third-order valence-electron chi connectivity index (χ3n) is 2.84. The molecule has 1 rings (SSSR count). The van der Waals surface area contributed by atoms with Gasteiger partial charge in [0.15, 0.2) is 0 Å². The van der Waals surface area contributed by atoms with Gasteiger partial charge in [0, 0.05) is 13.6 Å². The molecular weight excluding hydrogens is 194 g/mol. The van der Waals surface area contributed by atoms with Crippen LogP contribution in [0.25, 0.3) is 0 Å². The maximum atomic E-state index is 11.7. The van der Waals surface area contributed by atoms with E-state index in [2.05, 4.69) is 13.8 Å². The van der Waals surface area contributed by atoms with E-state index in [0.29, 0.717) is 12.3 Å². The molecule has 1 amide bonds. The Labute approximate surface area is 90.3 Å². The highest BCUT2D eigenvalue weighted by atomic mass is 16.4. The summed E-state index contributed by atoms with van der Waals surface area (Å²) in [5, 5.41) is 8.70. The first-order valence-corrected chi connectivity index (χ1v) is 5.41. The molecule has 0 radical (unpaired) electrons. The molecule has 0 heterocycles. The first-order chi connectivity index (χ1) is 6.93. The van der Waals surface area contributed by atoms with Crippen LogP contribution in [0.1, 0.15) is 26.7 Å². The number of nitrogens with zero attached hydrogens (tertiary/aromatic N) is 1. The number of hydrogen-bond acceptors (Lipinski definition) is 2. The van der Waals surface area contributed by atoms with Crippen LogP contribution in [0.15, 0.2) is 0 Å². The van der Waals surface area contributed by atoms with E-state index >= 15 is 0 Å². The monoisotopic (exact) mass is 213 g/mol. The molecule has 4 nitrogen and oxygen atoms in total. The Hall–Kier alpha value is -1.06. The van der Waals surface area contributed by atoms with Crippen molar-refractivity contribution in [3.05, 3.63) is 0 Å². The van der Waals surface area contributed by atoms with E-state index in [-0.39, 0.29) is 11.8 Å². The summed E-state index contributed by atoms with van der Waals surface area (Å²) in [5.74, 6) is -0.984. The molecule has 0 saturated heterocycles. The molecule has 2 atom stereocenters. The molecule has 0 spiro atoms. The minimum atomic E-state index is -0.842.